The van der Waals surface area contributed by atoms with Gasteiger partial charge in [-0.15, -0.1) is 0 Å². The number of carboxylic acid groups (broad SMARTS) is 1. The van der Waals surface area contributed by atoms with Crippen LogP contribution in [0.4, 0.5) is 11.4 Å². The van der Waals surface area contributed by atoms with Crippen molar-refractivity contribution in [1.29, 1.82) is 0 Å². The Balaban J connectivity index is 1.42. The first kappa shape index (κ1) is 17.4. The summed E-state index contributed by atoms with van der Waals surface area (Å²) in [6, 6.07) is 3.61. The maximum absolute atomic E-state index is 12.9. The first-order chi connectivity index (χ1) is 13.6. The van der Waals surface area contributed by atoms with E-state index in [-0.39, 0.29) is 12.0 Å². The van der Waals surface area contributed by atoms with Crippen LogP contribution in [0.15, 0.2) is 16.8 Å². The molecule has 0 unspecified atom stereocenters. The number of aliphatic carboxylic acids is 1. The number of morpholine rings is 1. The molecule has 148 valence electrons. The summed E-state index contributed by atoms with van der Waals surface area (Å²) < 4.78 is 16.0. The van der Waals surface area contributed by atoms with Gasteiger partial charge in [0.1, 0.15) is 0 Å². The topological polar surface area (TPSA) is 127 Å². The summed E-state index contributed by atoms with van der Waals surface area (Å²) in [6.45, 7) is 2.73. The quantitative estimate of drug-likeness (QED) is 0.784. The predicted molar refractivity (Wildman–Crippen MR) is 96.0 cm³/mol. The van der Waals surface area contributed by atoms with E-state index in [1.54, 1.807) is 6.07 Å². The van der Waals surface area contributed by atoms with Crippen LogP contribution in [0.1, 0.15) is 12.8 Å². The average Bonchev–Trinajstić information content (AvgIpc) is 3.44. The van der Waals surface area contributed by atoms with Crippen LogP contribution in [0, 0.1) is 11.8 Å². The van der Waals surface area contributed by atoms with Gasteiger partial charge in [0.2, 0.25) is 5.91 Å². The number of rotatable bonds is 4. The fourth-order valence-electron chi connectivity index (χ4n) is 4.55. The Bertz CT molecular complexity index is 924. The predicted octanol–water partition coefficient (Wildman–Crippen LogP) is 0.876. The molecule has 4 heterocycles. The van der Waals surface area contributed by atoms with Crippen LogP contribution in [0.3, 0.4) is 0 Å². The van der Waals surface area contributed by atoms with Gasteiger partial charge in [0.05, 0.1) is 48.6 Å². The molecule has 0 aliphatic carbocycles. The van der Waals surface area contributed by atoms with Crippen molar-refractivity contribution in [2.75, 3.05) is 36.5 Å². The number of carbonyl (C=O) groups excluding carboxylic acids is 1. The van der Waals surface area contributed by atoms with E-state index in [0.29, 0.717) is 42.8 Å². The summed E-state index contributed by atoms with van der Waals surface area (Å²) in [5.41, 5.74) is 2.31. The van der Waals surface area contributed by atoms with Gasteiger partial charge in [-0.2, -0.15) is 0 Å². The number of carbonyl (C=O) groups is 2. The molecular weight excluding hydrogens is 368 g/mol. The van der Waals surface area contributed by atoms with Crippen molar-refractivity contribution in [3.05, 3.63) is 12.1 Å². The van der Waals surface area contributed by atoms with Gasteiger partial charge in [0, 0.05) is 13.1 Å². The SMILES string of the molecule is O=C(O)[C@@H]1[C@@H](C(=O)Nc2ccc(N3CCOCC3)c3nonc23)[C@@H]2CC[C@@H]1O2. The molecule has 3 fully saturated rings. The van der Waals surface area contributed by atoms with Crippen molar-refractivity contribution in [2.45, 2.75) is 25.0 Å². The Morgan fingerprint density at radius 2 is 1.79 bits per heavy atom. The highest BCUT2D eigenvalue weighted by atomic mass is 16.6. The van der Waals surface area contributed by atoms with Crippen LogP contribution in [-0.2, 0) is 19.1 Å². The first-order valence-electron chi connectivity index (χ1n) is 9.40. The third-order valence-electron chi connectivity index (χ3n) is 5.86. The van der Waals surface area contributed by atoms with Crippen molar-refractivity contribution in [2.24, 2.45) is 11.8 Å². The number of fused-ring (bicyclic) bond motifs is 3. The van der Waals surface area contributed by atoms with Crippen molar-refractivity contribution in [3.8, 4) is 0 Å². The molecule has 2 aromatic rings. The number of anilines is 2. The Morgan fingerprint density at radius 1 is 1.07 bits per heavy atom. The lowest BCUT2D eigenvalue weighted by atomic mass is 9.78. The zero-order valence-corrected chi connectivity index (χ0v) is 15.0. The second-order valence-corrected chi connectivity index (χ2v) is 7.36. The van der Waals surface area contributed by atoms with Gasteiger partial charge < -0.3 is 24.8 Å². The summed E-state index contributed by atoms with van der Waals surface area (Å²) in [7, 11) is 0. The smallest absolute Gasteiger partial charge is 0.310 e. The molecule has 4 atom stereocenters. The largest absolute Gasteiger partial charge is 0.481 e. The van der Waals surface area contributed by atoms with E-state index in [0.717, 1.165) is 18.8 Å². The summed E-state index contributed by atoms with van der Waals surface area (Å²) in [5, 5.41) is 20.3. The number of carboxylic acids is 1. The van der Waals surface area contributed by atoms with Gasteiger partial charge in [-0.3, -0.25) is 9.59 Å². The minimum atomic E-state index is -0.997. The lowest BCUT2D eigenvalue weighted by molar-refractivity contribution is -0.147. The Morgan fingerprint density at radius 3 is 2.54 bits per heavy atom. The fourth-order valence-corrected chi connectivity index (χ4v) is 4.55. The van der Waals surface area contributed by atoms with Gasteiger partial charge in [-0.25, -0.2) is 4.63 Å². The van der Waals surface area contributed by atoms with Gasteiger partial charge >= 0.3 is 5.97 Å². The minimum Gasteiger partial charge on any atom is -0.481 e. The van der Waals surface area contributed by atoms with E-state index in [4.69, 9.17) is 14.1 Å². The lowest BCUT2D eigenvalue weighted by Gasteiger charge is -2.29. The van der Waals surface area contributed by atoms with E-state index in [9.17, 15) is 14.7 Å². The van der Waals surface area contributed by atoms with Gasteiger partial charge in [-0.05, 0) is 35.3 Å². The third kappa shape index (κ3) is 2.71. The van der Waals surface area contributed by atoms with Crippen molar-refractivity contribution < 1.29 is 28.8 Å². The summed E-state index contributed by atoms with van der Waals surface area (Å²) in [4.78, 5) is 26.7. The molecule has 2 N–H and O–H groups in total. The van der Waals surface area contributed by atoms with Crippen LogP contribution in [0.25, 0.3) is 11.0 Å². The van der Waals surface area contributed by atoms with Crippen LogP contribution in [0.5, 0.6) is 0 Å². The van der Waals surface area contributed by atoms with Crippen molar-refractivity contribution >= 4 is 34.3 Å². The number of amides is 1. The van der Waals surface area contributed by atoms with E-state index < -0.39 is 23.9 Å². The maximum atomic E-state index is 12.9. The fraction of sp³-hybridized carbons (Fsp3) is 0.556. The summed E-state index contributed by atoms with van der Waals surface area (Å²) >= 11 is 0. The molecule has 3 saturated heterocycles. The Labute approximate surface area is 159 Å². The van der Waals surface area contributed by atoms with Crippen LogP contribution in [-0.4, -0.2) is 65.8 Å². The first-order valence-corrected chi connectivity index (χ1v) is 9.40. The Kier molecular flexibility index (Phi) is 4.17. The van der Waals surface area contributed by atoms with E-state index in [1.165, 1.54) is 0 Å². The maximum Gasteiger partial charge on any atom is 0.310 e. The highest BCUT2D eigenvalue weighted by Gasteiger charge is 2.55. The number of nitrogens with one attached hydrogen (secondary N) is 1. The minimum absolute atomic E-state index is 0.357. The number of aromatic nitrogens is 2. The Hall–Kier alpha value is -2.72. The summed E-state index contributed by atoms with van der Waals surface area (Å²) in [6.07, 6.45) is 0.626. The molecule has 0 saturated carbocycles. The van der Waals surface area contributed by atoms with Crippen LogP contribution in [0.2, 0.25) is 0 Å². The van der Waals surface area contributed by atoms with Crippen LogP contribution < -0.4 is 10.2 Å². The molecule has 1 aromatic heterocycles. The van der Waals surface area contributed by atoms with Gasteiger partial charge in [-0.1, -0.05) is 0 Å². The number of nitrogens with zero attached hydrogens (tertiary/aromatic N) is 3. The summed E-state index contributed by atoms with van der Waals surface area (Å²) in [5.74, 6) is -2.91. The zero-order chi connectivity index (χ0) is 19.3. The van der Waals surface area contributed by atoms with E-state index >= 15 is 0 Å². The molecule has 1 amide bonds. The third-order valence-corrected chi connectivity index (χ3v) is 5.86. The van der Waals surface area contributed by atoms with E-state index in [2.05, 4.69) is 20.5 Å². The second kappa shape index (κ2) is 6.71. The van der Waals surface area contributed by atoms with E-state index in [1.807, 2.05) is 6.07 Å². The molecule has 10 nitrogen and oxygen atoms in total. The number of hydrogen-bond acceptors (Lipinski definition) is 8. The molecule has 1 aromatic carbocycles. The normalized spacial score (nSPS) is 29.4. The molecule has 2 bridgehead atoms. The molecule has 3 aliphatic rings. The van der Waals surface area contributed by atoms with Gasteiger partial charge in [0.15, 0.2) is 11.0 Å². The van der Waals surface area contributed by atoms with Crippen molar-refractivity contribution in [3.63, 3.8) is 0 Å². The monoisotopic (exact) mass is 388 g/mol. The standard InChI is InChI=1S/C18H20N4O6/c23-17(13-11-3-4-12(27-11)14(13)18(24)25)19-9-1-2-10(16-15(9)20-28-21-16)22-5-7-26-8-6-22/h1-2,11-14H,3-8H2,(H,19,23)(H,24,25)/t11-,12-,13-,14-/m0/s1. The molecule has 3 aliphatic heterocycles. The lowest BCUT2D eigenvalue weighted by Crippen LogP contribution is -2.41. The molecule has 0 spiro atoms. The second-order valence-electron chi connectivity index (χ2n) is 7.36. The average molecular weight is 388 g/mol. The molecule has 28 heavy (non-hydrogen) atoms. The number of hydrogen-bond donors (Lipinski definition) is 2. The molecule has 0 radical (unpaired) electrons. The number of ether oxygens (including phenoxy) is 2. The van der Waals surface area contributed by atoms with Crippen LogP contribution >= 0.6 is 0 Å². The molecule has 10 heteroatoms. The molecular formula is C18H20N4O6. The molecule has 5 rings (SSSR count). The van der Waals surface area contributed by atoms with Crippen molar-refractivity contribution in [1.82, 2.24) is 10.3 Å². The highest BCUT2D eigenvalue weighted by Crippen LogP contribution is 2.44. The number of benzene rings is 1. The zero-order valence-electron chi connectivity index (χ0n) is 15.0. The highest BCUT2D eigenvalue weighted by molar-refractivity contribution is 6.04. The van der Waals surface area contributed by atoms with Gasteiger partial charge in [0.25, 0.3) is 0 Å².